The Hall–Kier alpha value is -1.89. The molecule has 8 heteroatoms. The third kappa shape index (κ3) is 3.65. The summed E-state index contributed by atoms with van der Waals surface area (Å²) in [5.41, 5.74) is 6.32. The molecule has 3 amide bonds. The van der Waals surface area contributed by atoms with Crippen LogP contribution in [-0.4, -0.2) is 11.9 Å². The highest BCUT2D eigenvalue weighted by atomic mass is 35.5. The van der Waals surface area contributed by atoms with Crippen molar-refractivity contribution in [2.75, 3.05) is 9.62 Å². The van der Waals surface area contributed by atoms with E-state index in [9.17, 15) is 9.59 Å². The number of rotatable bonds is 3. The number of benzene rings is 2. The van der Waals surface area contributed by atoms with Gasteiger partial charge < -0.3 is 11.1 Å². The molecule has 0 saturated carbocycles. The maximum Gasteiger partial charge on any atom is 0.336 e. The number of hydrogen-bond donors (Lipinski definition) is 3. The first-order chi connectivity index (χ1) is 10.4. The van der Waals surface area contributed by atoms with Crippen LogP contribution < -0.4 is 15.4 Å². The number of nitrogens with zero attached hydrogens (tertiary/aromatic N) is 1. The second-order valence-corrected chi connectivity index (χ2v) is 5.44. The van der Waals surface area contributed by atoms with E-state index in [1.54, 1.807) is 30.3 Å². The van der Waals surface area contributed by atoms with Crippen molar-refractivity contribution in [2.45, 2.75) is 0 Å². The van der Waals surface area contributed by atoms with Crippen molar-refractivity contribution in [3.63, 3.8) is 0 Å². The number of carbonyl (C=O) groups is 2. The Morgan fingerprint density at radius 3 is 2.32 bits per heavy atom. The highest BCUT2D eigenvalue weighted by Crippen LogP contribution is 2.30. The molecular weight excluding hydrogens is 345 g/mol. The maximum atomic E-state index is 12.1. The Balaban J connectivity index is 2.15. The van der Waals surface area contributed by atoms with Gasteiger partial charge in [-0.05, 0) is 36.4 Å². The van der Waals surface area contributed by atoms with Crippen LogP contribution in [0.3, 0.4) is 0 Å². The molecule has 0 aliphatic carbocycles. The van der Waals surface area contributed by atoms with Crippen LogP contribution in [0.4, 0.5) is 16.2 Å². The molecular formula is C14H11Cl2N3O2S. The van der Waals surface area contributed by atoms with Gasteiger partial charge in [-0.2, -0.15) is 0 Å². The van der Waals surface area contributed by atoms with Gasteiger partial charge in [-0.3, -0.25) is 4.79 Å². The van der Waals surface area contributed by atoms with Crippen molar-refractivity contribution in [1.29, 1.82) is 0 Å². The predicted molar refractivity (Wildman–Crippen MR) is 91.9 cm³/mol. The Kier molecular flexibility index (Phi) is 5.18. The lowest BCUT2D eigenvalue weighted by molar-refractivity contribution is 0.100. The Bertz CT molecular complexity index is 723. The molecule has 2 aromatic rings. The molecule has 0 unspecified atom stereocenters. The molecule has 0 bridgehead atoms. The summed E-state index contributed by atoms with van der Waals surface area (Å²) in [5.74, 6) is -0.549. The topological polar surface area (TPSA) is 75.4 Å². The first-order valence-corrected chi connectivity index (χ1v) is 7.19. The van der Waals surface area contributed by atoms with Gasteiger partial charge in [0.1, 0.15) is 0 Å². The van der Waals surface area contributed by atoms with Crippen molar-refractivity contribution < 1.29 is 9.59 Å². The number of hydrogen-bond acceptors (Lipinski definition) is 3. The highest BCUT2D eigenvalue weighted by molar-refractivity contribution is 7.82. The maximum absolute atomic E-state index is 12.1. The van der Waals surface area contributed by atoms with Crippen LogP contribution in [-0.2, 0) is 0 Å². The number of halogens is 2. The van der Waals surface area contributed by atoms with Crippen LogP contribution in [0.2, 0.25) is 10.0 Å². The van der Waals surface area contributed by atoms with Crippen LogP contribution in [0.15, 0.2) is 42.5 Å². The molecule has 0 atom stereocenters. The number of urea groups is 1. The summed E-state index contributed by atoms with van der Waals surface area (Å²) in [6.45, 7) is 0. The van der Waals surface area contributed by atoms with Crippen molar-refractivity contribution in [3.05, 3.63) is 58.1 Å². The van der Waals surface area contributed by atoms with Gasteiger partial charge in [-0.15, -0.1) is 0 Å². The fraction of sp³-hybridized carbons (Fsp3) is 0. The van der Waals surface area contributed by atoms with E-state index in [1.807, 2.05) is 0 Å². The number of thiol groups is 1. The summed E-state index contributed by atoms with van der Waals surface area (Å²) in [5, 5.41) is 3.16. The second kappa shape index (κ2) is 6.91. The van der Waals surface area contributed by atoms with E-state index in [1.165, 1.54) is 12.1 Å². The lowest BCUT2D eigenvalue weighted by Crippen LogP contribution is -2.27. The number of primary amides is 1. The van der Waals surface area contributed by atoms with Gasteiger partial charge in [0.25, 0.3) is 0 Å². The molecule has 3 N–H and O–H groups in total. The predicted octanol–water partition coefficient (Wildman–Crippen LogP) is 3.98. The van der Waals surface area contributed by atoms with Crippen LogP contribution in [0.25, 0.3) is 0 Å². The largest absolute Gasteiger partial charge is 0.366 e. The molecule has 2 aromatic carbocycles. The fourth-order valence-corrected chi connectivity index (χ4v) is 2.18. The normalized spacial score (nSPS) is 10.1. The lowest BCUT2D eigenvalue weighted by Gasteiger charge is -2.17. The highest BCUT2D eigenvalue weighted by Gasteiger charge is 2.15. The van der Waals surface area contributed by atoms with Gasteiger partial charge in [0.2, 0.25) is 5.91 Å². The Labute approximate surface area is 142 Å². The molecule has 114 valence electrons. The SMILES string of the molecule is NC(=O)c1ccc(N(S)C(=O)Nc2cccc(Cl)c2Cl)cc1. The standard InChI is InChI=1S/C14H11Cl2N3O2S/c15-10-2-1-3-11(12(10)16)18-14(21)19(22)9-6-4-8(5-7-9)13(17)20/h1-7,22H,(H2,17,20)(H,18,21). The van der Waals surface area contributed by atoms with Gasteiger partial charge in [-0.1, -0.05) is 42.1 Å². The van der Waals surface area contributed by atoms with E-state index in [-0.39, 0.29) is 5.02 Å². The van der Waals surface area contributed by atoms with E-state index in [0.29, 0.717) is 22.0 Å². The smallest absolute Gasteiger partial charge is 0.336 e. The molecule has 0 fully saturated rings. The molecule has 0 radical (unpaired) electrons. The Morgan fingerprint density at radius 2 is 1.73 bits per heavy atom. The summed E-state index contributed by atoms with van der Waals surface area (Å²) in [6.07, 6.45) is 0. The van der Waals surface area contributed by atoms with E-state index < -0.39 is 11.9 Å². The molecule has 0 aromatic heterocycles. The molecule has 0 saturated heterocycles. The molecule has 2 rings (SSSR count). The van der Waals surface area contributed by atoms with Crippen LogP contribution in [0.5, 0.6) is 0 Å². The third-order valence-electron chi connectivity index (χ3n) is 2.78. The summed E-state index contributed by atoms with van der Waals surface area (Å²) in [6, 6.07) is 10.5. The van der Waals surface area contributed by atoms with Crippen molar-refractivity contribution in [3.8, 4) is 0 Å². The number of amides is 3. The molecule has 0 spiro atoms. The zero-order chi connectivity index (χ0) is 16.3. The first kappa shape index (κ1) is 16.5. The minimum atomic E-state index is -0.549. The summed E-state index contributed by atoms with van der Waals surface area (Å²) < 4.78 is 1.07. The van der Waals surface area contributed by atoms with E-state index in [2.05, 4.69) is 18.1 Å². The number of anilines is 2. The average molecular weight is 356 g/mol. The van der Waals surface area contributed by atoms with Gasteiger partial charge in [-0.25, -0.2) is 9.10 Å². The Morgan fingerprint density at radius 1 is 1.09 bits per heavy atom. The van der Waals surface area contributed by atoms with E-state index >= 15 is 0 Å². The minimum absolute atomic E-state index is 0.239. The van der Waals surface area contributed by atoms with Crippen molar-refractivity contribution in [2.24, 2.45) is 5.73 Å². The van der Waals surface area contributed by atoms with Crippen molar-refractivity contribution >= 4 is 59.3 Å². The lowest BCUT2D eigenvalue weighted by atomic mass is 10.2. The second-order valence-electron chi connectivity index (χ2n) is 4.25. The van der Waals surface area contributed by atoms with E-state index in [0.717, 1.165) is 4.31 Å². The van der Waals surface area contributed by atoms with Crippen LogP contribution in [0.1, 0.15) is 10.4 Å². The van der Waals surface area contributed by atoms with Crippen LogP contribution >= 0.6 is 36.0 Å². The average Bonchev–Trinajstić information content (AvgIpc) is 2.51. The molecule has 0 aliphatic heterocycles. The zero-order valence-electron chi connectivity index (χ0n) is 11.1. The zero-order valence-corrected chi connectivity index (χ0v) is 13.5. The number of nitrogens with one attached hydrogen (secondary N) is 1. The molecule has 22 heavy (non-hydrogen) atoms. The van der Waals surface area contributed by atoms with Crippen molar-refractivity contribution in [1.82, 2.24) is 0 Å². The third-order valence-corrected chi connectivity index (χ3v) is 4.01. The van der Waals surface area contributed by atoms with Gasteiger partial charge in [0.05, 0.1) is 21.4 Å². The summed E-state index contributed by atoms with van der Waals surface area (Å²) in [4.78, 5) is 23.1. The molecule has 0 aliphatic rings. The number of carbonyl (C=O) groups excluding carboxylic acids is 2. The molecule has 0 heterocycles. The number of nitrogens with two attached hydrogens (primary N) is 1. The monoisotopic (exact) mass is 355 g/mol. The van der Waals surface area contributed by atoms with Gasteiger partial charge >= 0.3 is 6.03 Å². The van der Waals surface area contributed by atoms with E-state index in [4.69, 9.17) is 28.9 Å². The van der Waals surface area contributed by atoms with Gasteiger partial charge in [0, 0.05) is 5.56 Å². The summed E-state index contributed by atoms with van der Waals surface area (Å²) in [7, 11) is 0. The minimum Gasteiger partial charge on any atom is -0.366 e. The first-order valence-electron chi connectivity index (χ1n) is 6.04. The fourth-order valence-electron chi connectivity index (χ4n) is 1.65. The van der Waals surface area contributed by atoms with Crippen LogP contribution in [0, 0.1) is 0 Å². The van der Waals surface area contributed by atoms with Gasteiger partial charge in [0.15, 0.2) is 0 Å². The molecule has 5 nitrogen and oxygen atoms in total. The summed E-state index contributed by atoms with van der Waals surface area (Å²) >= 11 is 16.0. The quantitative estimate of drug-likeness (QED) is 0.728.